The number of rotatable bonds is 3. The van der Waals surface area contributed by atoms with E-state index in [-0.39, 0.29) is 6.10 Å². The third kappa shape index (κ3) is 3.29. The molecule has 2 aliphatic rings. The minimum Gasteiger partial charge on any atom is -0.474 e. The highest BCUT2D eigenvalue weighted by Crippen LogP contribution is 2.36. The third-order valence-corrected chi connectivity index (χ3v) is 5.83. The number of hydrogen-bond acceptors (Lipinski definition) is 5. The molecule has 0 spiro atoms. The van der Waals surface area contributed by atoms with Gasteiger partial charge in [0.05, 0.1) is 11.8 Å². The molecule has 1 saturated carbocycles. The van der Waals surface area contributed by atoms with Gasteiger partial charge in [0.15, 0.2) is 0 Å². The summed E-state index contributed by atoms with van der Waals surface area (Å²) in [7, 11) is 0. The zero-order valence-corrected chi connectivity index (χ0v) is 15.7. The molecule has 3 aromatic rings. The van der Waals surface area contributed by atoms with Gasteiger partial charge < -0.3 is 9.84 Å². The fourth-order valence-corrected chi connectivity index (χ4v) is 4.45. The zero-order valence-electron chi connectivity index (χ0n) is 15.7. The van der Waals surface area contributed by atoms with Crippen LogP contribution in [0.3, 0.4) is 0 Å². The van der Waals surface area contributed by atoms with Gasteiger partial charge in [0, 0.05) is 31.0 Å². The molecule has 6 heteroatoms. The van der Waals surface area contributed by atoms with E-state index >= 15 is 0 Å². The molecule has 6 nitrogen and oxygen atoms in total. The summed E-state index contributed by atoms with van der Waals surface area (Å²) < 4.78 is 8.23. The van der Waals surface area contributed by atoms with Crippen LogP contribution < -0.4 is 4.74 Å². The summed E-state index contributed by atoms with van der Waals surface area (Å²) in [5.74, 6) is 2.94. The zero-order chi connectivity index (χ0) is 18.9. The Balaban J connectivity index is 1.37. The van der Waals surface area contributed by atoms with Crippen LogP contribution in [0.25, 0.3) is 5.69 Å². The van der Waals surface area contributed by atoms with Crippen LogP contribution in [-0.2, 0) is 12.8 Å². The predicted octanol–water partition coefficient (Wildman–Crippen LogP) is 3.23. The molecule has 1 atom stereocenters. The minimum absolute atomic E-state index is 0.201. The van der Waals surface area contributed by atoms with Crippen LogP contribution in [0.1, 0.15) is 48.8 Å². The van der Waals surface area contributed by atoms with Gasteiger partial charge in [-0.15, -0.1) is 10.2 Å². The maximum absolute atomic E-state index is 10.4. The number of aromatic nitrogens is 4. The van der Waals surface area contributed by atoms with E-state index in [1.54, 1.807) is 6.20 Å². The van der Waals surface area contributed by atoms with Crippen LogP contribution in [0, 0.1) is 0 Å². The number of aliphatic hydroxyl groups excluding tert-OH is 1. The maximum atomic E-state index is 10.4. The Labute approximate surface area is 164 Å². The van der Waals surface area contributed by atoms with Crippen molar-refractivity contribution in [3.63, 3.8) is 0 Å². The lowest BCUT2D eigenvalue weighted by atomic mass is 9.86. The molecule has 3 heterocycles. The highest BCUT2D eigenvalue weighted by molar-refractivity contribution is 5.45. The van der Waals surface area contributed by atoms with Gasteiger partial charge in [0.25, 0.3) is 0 Å². The monoisotopic (exact) mass is 376 g/mol. The van der Waals surface area contributed by atoms with Crippen LogP contribution in [0.5, 0.6) is 5.88 Å². The Morgan fingerprint density at radius 3 is 2.57 bits per heavy atom. The SMILES string of the molecule is OC1Cc2ccccc2-n2c(nnc2C2CCC(Oc3ccccn3)CC2)C1. The van der Waals surface area contributed by atoms with E-state index in [0.717, 1.165) is 48.6 Å². The normalized spacial score (nSPS) is 24.1. The molecule has 1 aliphatic carbocycles. The number of ether oxygens (including phenoxy) is 1. The van der Waals surface area contributed by atoms with Crippen molar-refractivity contribution in [1.29, 1.82) is 0 Å². The van der Waals surface area contributed by atoms with Gasteiger partial charge in [-0.3, -0.25) is 4.57 Å². The highest BCUT2D eigenvalue weighted by Gasteiger charge is 2.31. The predicted molar refractivity (Wildman–Crippen MR) is 105 cm³/mol. The first-order chi connectivity index (χ1) is 13.8. The molecule has 144 valence electrons. The quantitative estimate of drug-likeness (QED) is 0.760. The molecule has 0 amide bonds. The average Bonchev–Trinajstić information content (AvgIpc) is 3.06. The second-order valence-electron chi connectivity index (χ2n) is 7.76. The first-order valence-corrected chi connectivity index (χ1v) is 10.1. The van der Waals surface area contributed by atoms with Gasteiger partial charge >= 0.3 is 0 Å². The lowest BCUT2D eigenvalue weighted by Crippen LogP contribution is -2.25. The van der Waals surface area contributed by atoms with E-state index in [2.05, 4.69) is 31.9 Å². The van der Waals surface area contributed by atoms with Gasteiger partial charge in [-0.25, -0.2) is 4.98 Å². The number of aliphatic hydroxyl groups is 1. The summed E-state index contributed by atoms with van der Waals surface area (Å²) in [5, 5.41) is 19.4. The number of benzene rings is 1. The van der Waals surface area contributed by atoms with Gasteiger partial charge in [-0.05, 0) is 43.4 Å². The average molecular weight is 376 g/mol. The Morgan fingerprint density at radius 1 is 0.929 bits per heavy atom. The molecule has 28 heavy (non-hydrogen) atoms. The van der Waals surface area contributed by atoms with Crippen molar-refractivity contribution in [2.75, 3.05) is 0 Å². The largest absolute Gasteiger partial charge is 0.474 e. The number of pyridine rings is 1. The van der Waals surface area contributed by atoms with Crippen molar-refractivity contribution in [2.24, 2.45) is 0 Å². The summed E-state index contributed by atoms with van der Waals surface area (Å²) in [4.78, 5) is 4.27. The summed E-state index contributed by atoms with van der Waals surface area (Å²) >= 11 is 0. The van der Waals surface area contributed by atoms with E-state index < -0.39 is 6.10 Å². The van der Waals surface area contributed by atoms with E-state index in [9.17, 15) is 5.11 Å². The first-order valence-electron chi connectivity index (χ1n) is 10.1. The van der Waals surface area contributed by atoms with Crippen molar-refractivity contribution in [2.45, 2.75) is 56.7 Å². The maximum Gasteiger partial charge on any atom is 0.213 e. The lowest BCUT2D eigenvalue weighted by Gasteiger charge is -2.28. The van der Waals surface area contributed by atoms with E-state index in [4.69, 9.17) is 4.74 Å². The fourth-order valence-electron chi connectivity index (χ4n) is 4.45. The molecule has 1 aliphatic heterocycles. The van der Waals surface area contributed by atoms with Gasteiger partial charge in [-0.1, -0.05) is 24.3 Å². The Bertz CT molecular complexity index is 948. The first kappa shape index (κ1) is 17.4. The standard InChI is InChI=1S/C22H24N4O2/c27-17-13-16-5-1-2-6-19(16)26-20(14-17)24-25-22(26)15-8-10-18(11-9-15)28-21-7-3-4-12-23-21/h1-7,12,15,17-18,27H,8-11,13-14H2. The van der Waals surface area contributed by atoms with Crippen molar-refractivity contribution < 1.29 is 9.84 Å². The van der Waals surface area contributed by atoms with Crippen molar-refractivity contribution in [1.82, 2.24) is 19.7 Å². The Morgan fingerprint density at radius 2 is 1.75 bits per heavy atom. The van der Waals surface area contributed by atoms with E-state index in [1.807, 2.05) is 30.3 Å². The smallest absolute Gasteiger partial charge is 0.213 e. The molecular weight excluding hydrogens is 352 g/mol. The summed E-state index contributed by atoms with van der Waals surface area (Å²) in [6, 6.07) is 14.0. The van der Waals surface area contributed by atoms with Crippen LogP contribution in [0.4, 0.5) is 0 Å². The van der Waals surface area contributed by atoms with E-state index in [0.29, 0.717) is 24.6 Å². The molecular formula is C22H24N4O2. The second-order valence-corrected chi connectivity index (χ2v) is 7.76. The molecule has 0 saturated heterocycles. The highest BCUT2D eigenvalue weighted by atomic mass is 16.5. The van der Waals surface area contributed by atoms with Crippen LogP contribution >= 0.6 is 0 Å². The third-order valence-electron chi connectivity index (χ3n) is 5.83. The number of nitrogens with zero attached hydrogens (tertiary/aromatic N) is 4. The molecule has 1 fully saturated rings. The van der Waals surface area contributed by atoms with Gasteiger partial charge in [0.2, 0.25) is 5.88 Å². The topological polar surface area (TPSA) is 73.1 Å². The van der Waals surface area contributed by atoms with E-state index in [1.165, 1.54) is 0 Å². The number of hydrogen-bond donors (Lipinski definition) is 1. The second kappa shape index (κ2) is 7.36. The summed E-state index contributed by atoms with van der Waals surface area (Å²) in [5.41, 5.74) is 2.27. The molecule has 0 radical (unpaired) electrons. The molecule has 1 aromatic carbocycles. The molecule has 0 bridgehead atoms. The minimum atomic E-state index is -0.415. The number of fused-ring (bicyclic) bond motifs is 3. The lowest BCUT2D eigenvalue weighted by molar-refractivity contribution is 0.139. The van der Waals surface area contributed by atoms with Crippen molar-refractivity contribution in [3.05, 3.63) is 65.9 Å². The summed E-state index contributed by atoms with van der Waals surface area (Å²) in [6.45, 7) is 0. The van der Waals surface area contributed by atoms with Gasteiger partial charge in [0.1, 0.15) is 17.8 Å². The number of para-hydroxylation sites is 1. The van der Waals surface area contributed by atoms with Crippen LogP contribution in [-0.4, -0.2) is 37.1 Å². The molecule has 1 unspecified atom stereocenters. The van der Waals surface area contributed by atoms with Gasteiger partial charge in [-0.2, -0.15) is 0 Å². The van der Waals surface area contributed by atoms with Crippen LogP contribution in [0.2, 0.25) is 0 Å². The van der Waals surface area contributed by atoms with Crippen molar-refractivity contribution in [3.8, 4) is 11.6 Å². The Hall–Kier alpha value is -2.73. The molecule has 2 aromatic heterocycles. The summed E-state index contributed by atoms with van der Waals surface area (Å²) in [6.07, 6.45) is 6.73. The van der Waals surface area contributed by atoms with Crippen molar-refractivity contribution >= 4 is 0 Å². The van der Waals surface area contributed by atoms with Crippen LogP contribution in [0.15, 0.2) is 48.7 Å². The molecule has 5 rings (SSSR count). The molecule has 1 N–H and O–H groups in total. The Kier molecular flexibility index (Phi) is 4.56. The fraction of sp³-hybridized carbons (Fsp3) is 0.409.